The molecule has 1 amide bonds. The molecule has 22 heavy (non-hydrogen) atoms. The molecule has 2 rings (SSSR count). The van der Waals surface area contributed by atoms with Gasteiger partial charge in [0.1, 0.15) is 5.03 Å². The molecule has 0 aliphatic heterocycles. The Kier molecular flexibility index (Phi) is 7.14. The van der Waals surface area contributed by atoms with Crippen molar-refractivity contribution in [1.29, 1.82) is 0 Å². The van der Waals surface area contributed by atoms with E-state index in [1.807, 2.05) is 11.4 Å². The Balaban J connectivity index is 1.77. The highest BCUT2D eigenvalue weighted by Gasteiger charge is 2.16. The van der Waals surface area contributed by atoms with Gasteiger partial charge in [-0.1, -0.05) is 6.07 Å². The largest absolute Gasteiger partial charge is 0.351 e. The van der Waals surface area contributed by atoms with Gasteiger partial charge in [-0.3, -0.25) is 4.79 Å². The van der Waals surface area contributed by atoms with E-state index in [1.54, 1.807) is 29.2 Å². The summed E-state index contributed by atoms with van der Waals surface area (Å²) in [6, 6.07) is 7.15. The van der Waals surface area contributed by atoms with E-state index < -0.39 is 5.76 Å². The first-order chi connectivity index (χ1) is 10.7. The topological polar surface area (TPSA) is 42.0 Å². The maximum atomic E-state index is 12.4. The van der Waals surface area contributed by atoms with Crippen LogP contribution in [0.2, 0.25) is 0 Å². The average Bonchev–Trinajstić information content (AvgIpc) is 3.00. The zero-order valence-corrected chi connectivity index (χ0v) is 13.9. The fraction of sp³-hybridized carbons (Fsp3) is 0.286. The molecule has 118 valence electrons. The molecule has 0 bridgehead atoms. The number of carbonyl (C=O) groups excluding carboxylic acids is 1. The summed E-state index contributed by atoms with van der Waals surface area (Å²) in [4.78, 5) is 17.1. The van der Waals surface area contributed by atoms with Crippen LogP contribution in [0.3, 0.4) is 0 Å². The summed E-state index contributed by atoms with van der Waals surface area (Å²) in [5.41, 5.74) is 0.191. The van der Waals surface area contributed by atoms with Gasteiger partial charge in [-0.25, -0.2) is 4.98 Å². The first-order valence-corrected chi connectivity index (χ1v) is 9.36. The number of hydrogen-bond acceptors (Lipinski definition) is 5. The van der Waals surface area contributed by atoms with Crippen LogP contribution in [0.1, 0.15) is 15.2 Å². The van der Waals surface area contributed by atoms with Gasteiger partial charge in [-0.15, -0.1) is 11.3 Å². The van der Waals surface area contributed by atoms with Crippen molar-refractivity contribution in [3.05, 3.63) is 46.3 Å². The number of pyridine rings is 1. The molecular weight excluding hydrogens is 346 g/mol. The summed E-state index contributed by atoms with van der Waals surface area (Å²) in [7, 11) is 0. The number of nitrogens with one attached hydrogen (secondary N) is 1. The fourth-order valence-corrected chi connectivity index (χ4v) is 3.92. The Bertz CT molecular complexity index is 594. The highest BCUT2D eigenvalue weighted by atomic mass is 32.2. The molecule has 0 atom stereocenters. The highest BCUT2D eigenvalue weighted by Crippen LogP contribution is 2.26. The predicted octanol–water partition coefficient (Wildman–Crippen LogP) is 4.12. The van der Waals surface area contributed by atoms with Gasteiger partial charge >= 0.3 is 0 Å². The molecule has 0 spiro atoms. The SMILES string of the molecule is O=C(NCCSCc1cccs1)c1cccnc1SC(F)F. The van der Waals surface area contributed by atoms with Crippen LogP contribution in [0.15, 0.2) is 40.9 Å². The molecule has 0 fully saturated rings. The van der Waals surface area contributed by atoms with Crippen LogP contribution < -0.4 is 5.32 Å². The molecule has 8 heteroatoms. The lowest BCUT2D eigenvalue weighted by Crippen LogP contribution is -2.26. The smallest absolute Gasteiger partial charge is 0.290 e. The number of rotatable bonds is 8. The first-order valence-electron chi connectivity index (χ1n) is 6.45. The summed E-state index contributed by atoms with van der Waals surface area (Å²) in [6.45, 7) is 0.489. The second kappa shape index (κ2) is 9.12. The normalized spacial score (nSPS) is 10.9. The molecular formula is C14H14F2N2OS3. The zero-order valence-electron chi connectivity index (χ0n) is 11.5. The highest BCUT2D eigenvalue weighted by molar-refractivity contribution is 7.99. The Hall–Kier alpha value is -1.12. The minimum atomic E-state index is -2.59. The first kappa shape index (κ1) is 17.2. The van der Waals surface area contributed by atoms with Crippen LogP contribution in [-0.2, 0) is 5.75 Å². The predicted molar refractivity (Wildman–Crippen MR) is 88.9 cm³/mol. The number of alkyl halides is 2. The van der Waals surface area contributed by atoms with E-state index in [1.165, 1.54) is 17.1 Å². The summed E-state index contributed by atoms with van der Waals surface area (Å²) < 4.78 is 24.9. The quantitative estimate of drug-likeness (QED) is 0.568. The molecule has 0 unspecified atom stereocenters. The van der Waals surface area contributed by atoms with Crippen LogP contribution in [0.4, 0.5) is 8.78 Å². The van der Waals surface area contributed by atoms with Crippen LogP contribution >= 0.6 is 34.9 Å². The molecule has 2 aromatic heterocycles. The van der Waals surface area contributed by atoms with Crippen LogP contribution in [-0.4, -0.2) is 28.9 Å². The van der Waals surface area contributed by atoms with Crippen molar-refractivity contribution in [1.82, 2.24) is 10.3 Å². The van der Waals surface area contributed by atoms with Gasteiger partial charge in [0.15, 0.2) is 0 Å². The standard InChI is InChI=1S/C14H14F2N2OS3/c15-14(16)22-13-11(4-1-5-18-13)12(19)17-6-8-20-9-10-3-2-7-21-10/h1-5,7,14H,6,8-9H2,(H,17,19). The third kappa shape index (κ3) is 5.58. The van der Waals surface area contributed by atoms with Gasteiger partial charge < -0.3 is 5.32 Å². The molecule has 2 aromatic rings. The number of amides is 1. The van der Waals surface area contributed by atoms with Crippen LogP contribution in [0.25, 0.3) is 0 Å². The van der Waals surface area contributed by atoms with E-state index in [2.05, 4.69) is 16.4 Å². The number of hydrogen-bond donors (Lipinski definition) is 1. The van der Waals surface area contributed by atoms with Crippen molar-refractivity contribution in [2.45, 2.75) is 16.5 Å². The van der Waals surface area contributed by atoms with Crippen molar-refractivity contribution >= 4 is 40.8 Å². The second-order valence-corrected chi connectivity index (χ2v) is 7.24. The van der Waals surface area contributed by atoms with Gasteiger partial charge in [-0.2, -0.15) is 20.5 Å². The van der Waals surface area contributed by atoms with Gasteiger partial charge in [0.25, 0.3) is 11.7 Å². The minimum absolute atomic E-state index is 0.0567. The number of nitrogens with zero attached hydrogens (tertiary/aromatic N) is 1. The van der Waals surface area contributed by atoms with Crippen molar-refractivity contribution in [3.63, 3.8) is 0 Å². The molecule has 2 heterocycles. The fourth-order valence-electron chi connectivity index (χ4n) is 1.64. The zero-order chi connectivity index (χ0) is 15.8. The molecule has 1 N–H and O–H groups in total. The summed E-state index contributed by atoms with van der Waals surface area (Å²) >= 11 is 3.71. The summed E-state index contributed by atoms with van der Waals surface area (Å²) in [5, 5.41) is 4.82. The average molecular weight is 360 g/mol. The maximum Gasteiger partial charge on any atom is 0.290 e. The lowest BCUT2D eigenvalue weighted by molar-refractivity contribution is 0.0952. The summed E-state index contributed by atoms with van der Waals surface area (Å²) in [5.74, 6) is -1.29. The number of halogens is 2. The van der Waals surface area contributed by atoms with Crippen LogP contribution in [0.5, 0.6) is 0 Å². The molecule has 0 aliphatic rings. The monoisotopic (exact) mass is 360 g/mol. The van der Waals surface area contributed by atoms with E-state index in [0.29, 0.717) is 6.54 Å². The number of carbonyl (C=O) groups is 1. The van der Waals surface area contributed by atoms with Crippen molar-refractivity contribution < 1.29 is 13.6 Å². The van der Waals surface area contributed by atoms with Crippen molar-refractivity contribution in [3.8, 4) is 0 Å². The van der Waals surface area contributed by atoms with Gasteiger partial charge in [0.05, 0.1) is 5.56 Å². The van der Waals surface area contributed by atoms with Gasteiger partial charge in [0.2, 0.25) is 0 Å². The van der Waals surface area contributed by atoms with E-state index in [9.17, 15) is 13.6 Å². The summed E-state index contributed by atoms with van der Waals surface area (Å²) in [6.07, 6.45) is 1.40. The molecule has 0 saturated carbocycles. The third-order valence-corrected chi connectivity index (χ3v) is 5.37. The van der Waals surface area contributed by atoms with E-state index in [0.717, 1.165) is 11.5 Å². The maximum absolute atomic E-state index is 12.4. The Morgan fingerprint density at radius 3 is 2.95 bits per heavy atom. The van der Waals surface area contributed by atoms with E-state index in [-0.39, 0.29) is 28.3 Å². The lowest BCUT2D eigenvalue weighted by Gasteiger charge is -2.08. The van der Waals surface area contributed by atoms with Crippen LogP contribution in [0, 0.1) is 0 Å². The molecule has 0 radical (unpaired) electrons. The van der Waals surface area contributed by atoms with Crippen molar-refractivity contribution in [2.75, 3.05) is 12.3 Å². The van der Waals surface area contributed by atoms with Gasteiger partial charge in [0, 0.05) is 29.1 Å². The number of thiophene rings is 1. The molecule has 0 aromatic carbocycles. The molecule has 0 saturated heterocycles. The lowest BCUT2D eigenvalue weighted by atomic mass is 10.3. The van der Waals surface area contributed by atoms with Gasteiger partial charge in [-0.05, 0) is 35.3 Å². The van der Waals surface area contributed by atoms with E-state index in [4.69, 9.17) is 0 Å². The molecule has 3 nitrogen and oxygen atoms in total. The Morgan fingerprint density at radius 1 is 1.36 bits per heavy atom. The Labute approximate surface area is 139 Å². The van der Waals surface area contributed by atoms with E-state index >= 15 is 0 Å². The third-order valence-electron chi connectivity index (χ3n) is 2.57. The second-order valence-electron chi connectivity index (χ2n) is 4.12. The Morgan fingerprint density at radius 2 is 2.23 bits per heavy atom. The number of thioether (sulfide) groups is 2. The minimum Gasteiger partial charge on any atom is -0.351 e. The molecule has 0 aliphatic carbocycles. The number of aromatic nitrogens is 1. The van der Waals surface area contributed by atoms with Crippen molar-refractivity contribution in [2.24, 2.45) is 0 Å².